The summed E-state index contributed by atoms with van der Waals surface area (Å²) in [5, 5.41) is 0. The van der Waals surface area contributed by atoms with Crippen molar-refractivity contribution in [2.75, 3.05) is 11.5 Å². The zero-order chi connectivity index (χ0) is 6.48. The molecule has 2 fully saturated rings. The van der Waals surface area contributed by atoms with E-state index in [1.165, 1.54) is 0 Å². The third kappa shape index (κ3) is 0.966. The Labute approximate surface area is 53.9 Å². The van der Waals surface area contributed by atoms with E-state index in [2.05, 4.69) is 0 Å². The highest BCUT2D eigenvalue weighted by Gasteiger charge is 2.46. The van der Waals surface area contributed by atoms with Crippen LogP contribution in [-0.4, -0.2) is 32.1 Å². The van der Waals surface area contributed by atoms with Gasteiger partial charge >= 0.3 is 0 Å². The van der Waals surface area contributed by atoms with Crippen LogP contribution in [0.2, 0.25) is 0 Å². The van der Waals surface area contributed by atoms with Crippen molar-refractivity contribution in [1.82, 2.24) is 0 Å². The van der Waals surface area contributed by atoms with E-state index < -0.39 is 9.84 Å². The molecule has 2 atom stereocenters. The van der Waals surface area contributed by atoms with Gasteiger partial charge in [-0.25, -0.2) is 8.42 Å². The van der Waals surface area contributed by atoms with Crippen LogP contribution in [0.5, 0.6) is 0 Å². The number of sulfone groups is 1. The van der Waals surface area contributed by atoms with Gasteiger partial charge in [-0.15, -0.1) is 0 Å². The molecule has 4 heteroatoms. The average molecular weight is 148 g/mol. The predicted molar refractivity (Wildman–Crippen MR) is 31.9 cm³/mol. The zero-order valence-electron chi connectivity index (χ0n) is 4.91. The first kappa shape index (κ1) is 5.68. The molecule has 0 bridgehead atoms. The van der Waals surface area contributed by atoms with E-state index >= 15 is 0 Å². The monoisotopic (exact) mass is 148 g/mol. The van der Waals surface area contributed by atoms with Crippen LogP contribution in [0, 0.1) is 0 Å². The molecule has 2 aliphatic heterocycles. The maximum atomic E-state index is 10.8. The Morgan fingerprint density at radius 1 is 1.33 bits per heavy atom. The number of hydrogen-bond donors (Lipinski definition) is 0. The Balaban J connectivity index is 2.18. The molecule has 2 rings (SSSR count). The van der Waals surface area contributed by atoms with Crippen LogP contribution in [0.3, 0.4) is 0 Å². The molecule has 0 aromatic heterocycles. The van der Waals surface area contributed by atoms with Crippen LogP contribution < -0.4 is 0 Å². The largest absolute Gasteiger partial charge is 0.368 e. The normalized spacial score (nSPS) is 45.8. The molecule has 0 aromatic rings. The summed E-state index contributed by atoms with van der Waals surface area (Å²) in [6, 6.07) is 0. The van der Waals surface area contributed by atoms with Gasteiger partial charge in [0.15, 0.2) is 9.84 Å². The molecule has 0 N–H and O–H groups in total. The number of hydrogen-bond acceptors (Lipinski definition) is 3. The summed E-state index contributed by atoms with van der Waals surface area (Å²) >= 11 is 0. The van der Waals surface area contributed by atoms with Gasteiger partial charge < -0.3 is 4.74 Å². The van der Waals surface area contributed by atoms with Crippen molar-refractivity contribution in [1.29, 1.82) is 0 Å². The summed E-state index contributed by atoms with van der Waals surface area (Å²) in [6.07, 6.45) is 1.06. The number of rotatable bonds is 0. The van der Waals surface area contributed by atoms with Gasteiger partial charge in [-0.2, -0.15) is 0 Å². The molecular weight excluding hydrogens is 140 g/mol. The second-order valence-corrected chi connectivity index (χ2v) is 4.84. The molecule has 0 unspecified atom stereocenters. The van der Waals surface area contributed by atoms with E-state index in [-0.39, 0.29) is 18.0 Å². The van der Waals surface area contributed by atoms with Crippen LogP contribution in [0.15, 0.2) is 0 Å². The van der Waals surface area contributed by atoms with Crippen molar-refractivity contribution in [2.24, 2.45) is 0 Å². The Bertz CT molecular complexity index is 218. The minimum absolute atomic E-state index is 0.0590. The van der Waals surface area contributed by atoms with E-state index in [4.69, 9.17) is 4.74 Å². The van der Waals surface area contributed by atoms with E-state index in [0.717, 1.165) is 0 Å². The first-order valence-electron chi connectivity index (χ1n) is 3.03. The van der Waals surface area contributed by atoms with Gasteiger partial charge in [0.1, 0.15) is 0 Å². The number of epoxide rings is 1. The standard InChI is InChI=1S/C5H8O3S/c6-9(7)2-1-4-5(3-9)8-4/h4-5H,1-3H2/t4-,5+/m1/s1. The lowest BCUT2D eigenvalue weighted by molar-refractivity contribution is 0.380. The molecule has 0 amide bonds. The minimum atomic E-state index is -2.72. The highest BCUT2D eigenvalue weighted by Crippen LogP contribution is 2.31. The highest BCUT2D eigenvalue weighted by atomic mass is 32.2. The molecule has 52 valence electrons. The molecule has 0 saturated carbocycles. The van der Waals surface area contributed by atoms with Crippen LogP contribution in [0.1, 0.15) is 6.42 Å². The van der Waals surface area contributed by atoms with Crippen LogP contribution in [0.25, 0.3) is 0 Å². The first-order valence-corrected chi connectivity index (χ1v) is 4.85. The SMILES string of the molecule is O=S1(=O)CC[C@H]2O[C@H]2C1. The average Bonchev–Trinajstić information content (AvgIpc) is 2.41. The Kier molecular flexibility index (Phi) is 0.941. The van der Waals surface area contributed by atoms with Crippen LogP contribution in [0.4, 0.5) is 0 Å². The third-order valence-corrected chi connectivity index (χ3v) is 3.51. The van der Waals surface area contributed by atoms with Crippen molar-refractivity contribution in [3.8, 4) is 0 Å². The number of fused-ring (bicyclic) bond motifs is 1. The lowest BCUT2D eigenvalue weighted by atomic mass is 10.3. The molecule has 3 nitrogen and oxygen atoms in total. The van der Waals surface area contributed by atoms with E-state index in [1.807, 2.05) is 0 Å². The molecule has 2 heterocycles. The van der Waals surface area contributed by atoms with Crippen molar-refractivity contribution in [2.45, 2.75) is 18.6 Å². The van der Waals surface area contributed by atoms with E-state index in [1.54, 1.807) is 0 Å². The topological polar surface area (TPSA) is 46.7 Å². The fourth-order valence-corrected chi connectivity index (χ4v) is 2.76. The van der Waals surface area contributed by atoms with Gasteiger partial charge in [-0.3, -0.25) is 0 Å². The van der Waals surface area contributed by atoms with Crippen LogP contribution in [-0.2, 0) is 14.6 Å². The lowest BCUT2D eigenvalue weighted by Gasteiger charge is -2.04. The quantitative estimate of drug-likeness (QED) is 0.438. The van der Waals surface area contributed by atoms with Gasteiger partial charge in [0.2, 0.25) is 0 Å². The summed E-state index contributed by atoms with van der Waals surface area (Å²) < 4.78 is 26.6. The summed E-state index contributed by atoms with van der Waals surface area (Å²) in [5.41, 5.74) is 0. The molecule has 2 aliphatic rings. The molecule has 0 aliphatic carbocycles. The number of ether oxygens (including phenoxy) is 1. The zero-order valence-corrected chi connectivity index (χ0v) is 5.73. The summed E-state index contributed by atoms with van der Waals surface area (Å²) in [4.78, 5) is 0. The molecule has 2 saturated heterocycles. The fraction of sp³-hybridized carbons (Fsp3) is 1.00. The van der Waals surface area contributed by atoms with Crippen molar-refractivity contribution in [3.05, 3.63) is 0 Å². The Morgan fingerprint density at radius 2 is 2.11 bits per heavy atom. The van der Waals surface area contributed by atoms with Crippen LogP contribution >= 0.6 is 0 Å². The molecule has 0 radical (unpaired) electrons. The van der Waals surface area contributed by atoms with Gasteiger partial charge in [0.25, 0.3) is 0 Å². The highest BCUT2D eigenvalue weighted by molar-refractivity contribution is 7.91. The third-order valence-electron chi connectivity index (χ3n) is 1.82. The van der Waals surface area contributed by atoms with E-state index in [9.17, 15) is 8.42 Å². The Hall–Kier alpha value is -0.0900. The van der Waals surface area contributed by atoms with E-state index in [0.29, 0.717) is 12.2 Å². The fourth-order valence-electron chi connectivity index (χ4n) is 1.21. The summed E-state index contributed by atoms with van der Waals surface area (Å²) in [5.74, 6) is 0.589. The smallest absolute Gasteiger partial charge is 0.153 e. The van der Waals surface area contributed by atoms with Gasteiger partial charge in [-0.05, 0) is 6.42 Å². The second-order valence-electron chi connectivity index (χ2n) is 2.62. The van der Waals surface area contributed by atoms with Gasteiger partial charge in [0.05, 0.1) is 23.7 Å². The lowest BCUT2D eigenvalue weighted by Crippen LogP contribution is -2.23. The maximum absolute atomic E-state index is 10.8. The Morgan fingerprint density at radius 3 is 2.67 bits per heavy atom. The van der Waals surface area contributed by atoms with Crippen molar-refractivity contribution < 1.29 is 13.2 Å². The second kappa shape index (κ2) is 1.49. The van der Waals surface area contributed by atoms with Gasteiger partial charge in [0, 0.05) is 0 Å². The van der Waals surface area contributed by atoms with Gasteiger partial charge in [-0.1, -0.05) is 0 Å². The maximum Gasteiger partial charge on any atom is 0.153 e. The summed E-state index contributed by atoms with van der Waals surface area (Å²) in [6.45, 7) is 0. The molecule has 9 heavy (non-hydrogen) atoms. The summed E-state index contributed by atoms with van der Waals surface area (Å²) in [7, 11) is -2.72. The minimum Gasteiger partial charge on any atom is -0.368 e. The molecular formula is C5H8O3S. The first-order chi connectivity index (χ1) is 4.17. The molecule has 0 spiro atoms. The van der Waals surface area contributed by atoms with Crippen molar-refractivity contribution in [3.63, 3.8) is 0 Å². The molecule has 0 aromatic carbocycles. The van der Waals surface area contributed by atoms with Crippen molar-refractivity contribution >= 4 is 9.84 Å². The predicted octanol–water partition coefficient (Wildman–Crippen LogP) is -0.428.